The number of amides is 1. The molecule has 1 amide bonds. The molecular weight excluding hydrogens is 250 g/mol. The van der Waals surface area contributed by atoms with Gasteiger partial charge in [0.1, 0.15) is 0 Å². The molecule has 1 atom stereocenters. The molecule has 1 saturated heterocycles. The number of nitrogens with one attached hydrogen (secondary N) is 1. The van der Waals surface area contributed by atoms with E-state index in [0.29, 0.717) is 12.3 Å². The van der Waals surface area contributed by atoms with Gasteiger partial charge in [-0.2, -0.15) is 0 Å². The fourth-order valence-electron chi connectivity index (χ4n) is 3.01. The average molecular weight is 283 g/mol. The normalized spacial score (nSPS) is 19.3. The fraction of sp³-hybridized carbons (Fsp3) is 0.938. The smallest absolute Gasteiger partial charge is 0.222 e. The summed E-state index contributed by atoms with van der Waals surface area (Å²) >= 11 is 0. The van der Waals surface area contributed by atoms with Crippen molar-refractivity contribution in [3.63, 3.8) is 0 Å². The van der Waals surface area contributed by atoms with E-state index >= 15 is 0 Å². The van der Waals surface area contributed by atoms with Crippen LogP contribution in [0, 0.1) is 5.92 Å². The van der Waals surface area contributed by atoms with Crippen molar-refractivity contribution in [1.29, 1.82) is 0 Å². The minimum Gasteiger partial charge on any atom is -0.343 e. The number of hydrogen-bond acceptors (Lipinski definition) is 3. The predicted molar refractivity (Wildman–Crippen MR) is 84.9 cm³/mol. The van der Waals surface area contributed by atoms with Crippen LogP contribution in [0.25, 0.3) is 0 Å². The summed E-state index contributed by atoms with van der Waals surface area (Å²) in [6.07, 6.45) is 4.34. The van der Waals surface area contributed by atoms with Gasteiger partial charge in [0.05, 0.1) is 0 Å². The average Bonchev–Trinajstić information content (AvgIpc) is 2.48. The Morgan fingerprint density at radius 3 is 2.50 bits per heavy atom. The molecule has 0 spiro atoms. The molecule has 0 bridgehead atoms. The number of rotatable bonds is 9. The van der Waals surface area contributed by atoms with Crippen LogP contribution in [-0.2, 0) is 4.79 Å². The van der Waals surface area contributed by atoms with Crippen LogP contribution in [0.5, 0.6) is 0 Å². The molecule has 0 saturated carbocycles. The summed E-state index contributed by atoms with van der Waals surface area (Å²) in [5.41, 5.74) is 0. The first-order valence-corrected chi connectivity index (χ1v) is 8.42. The van der Waals surface area contributed by atoms with E-state index in [4.69, 9.17) is 0 Å². The predicted octanol–water partition coefficient (Wildman–Crippen LogP) is 1.96. The van der Waals surface area contributed by atoms with E-state index in [2.05, 4.69) is 31.0 Å². The Bertz CT molecular complexity index is 260. The van der Waals surface area contributed by atoms with Crippen LogP contribution < -0.4 is 5.32 Å². The zero-order chi connectivity index (χ0) is 14.8. The van der Waals surface area contributed by atoms with Crippen LogP contribution >= 0.6 is 0 Å². The van der Waals surface area contributed by atoms with E-state index in [9.17, 15) is 4.79 Å². The fourth-order valence-corrected chi connectivity index (χ4v) is 3.01. The van der Waals surface area contributed by atoms with Gasteiger partial charge in [-0.15, -0.1) is 0 Å². The number of hydrogen-bond donors (Lipinski definition) is 1. The Morgan fingerprint density at radius 2 is 1.95 bits per heavy atom. The van der Waals surface area contributed by atoms with Gasteiger partial charge < -0.3 is 15.1 Å². The zero-order valence-corrected chi connectivity index (χ0v) is 13.7. The van der Waals surface area contributed by atoms with Crippen molar-refractivity contribution >= 4 is 5.91 Å². The van der Waals surface area contributed by atoms with Gasteiger partial charge in [0, 0.05) is 26.1 Å². The largest absolute Gasteiger partial charge is 0.343 e. The van der Waals surface area contributed by atoms with Crippen molar-refractivity contribution in [2.45, 2.75) is 46.5 Å². The molecule has 1 heterocycles. The van der Waals surface area contributed by atoms with Crippen LogP contribution in [0.1, 0.15) is 46.5 Å². The first-order valence-electron chi connectivity index (χ1n) is 8.42. The van der Waals surface area contributed by atoms with Crippen LogP contribution in [0.15, 0.2) is 0 Å². The van der Waals surface area contributed by atoms with E-state index < -0.39 is 0 Å². The van der Waals surface area contributed by atoms with Gasteiger partial charge in [-0.05, 0) is 65.2 Å². The molecule has 20 heavy (non-hydrogen) atoms. The van der Waals surface area contributed by atoms with Gasteiger partial charge in [0.2, 0.25) is 5.91 Å². The van der Waals surface area contributed by atoms with Crippen molar-refractivity contribution in [3.05, 3.63) is 0 Å². The first kappa shape index (κ1) is 17.4. The Kier molecular flexibility index (Phi) is 8.86. The maximum atomic E-state index is 12.0. The molecule has 118 valence electrons. The summed E-state index contributed by atoms with van der Waals surface area (Å²) in [6, 6.07) is 0. The summed E-state index contributed by atoms with van der Waals surface area (Å²) in [7, 11) is 0. The van der Waals surface area contributed by atoms with Crippen molar-refractivity contribution in [1.82, 2.24) is 15.1 Å². The Balaban J connectivity index is 2.21. The third-order valence-corrected chi connectivity index (χ3v) is 4.34. The Hall–Kier alpha value is -0.610. The second-order valence-electron chi connectivity index (χ2n) is 5.78. The third kappa shape index (κ3) is 6.23. The van der Waals surface area contributed by atoms with Crippen molar-refractivity contribution in [2.75, 3.05) is 45.8 Å². The molecule has 1 N–H and O–H groups in total. The number of nitrogens with zero attached hydrogens (tertiary/aromatic N) is 2. The molecule has 4 nitrogen and oxygen atoms in total. The zero-order valence-electron chi connectivity index (χ0n) is 13.7. The molecule has 1 unspecified atom stereocenters. The number of carbonyl (C=O) groups is 1. The third-order valence-electron chi connectivity index (χ3n) is 4.34. The summed E-state index contributed by atoms with van der Waals surface area (Å²) in [4.78, 5) is 16.4. The lowest BCUT2D eigenvalue weighted by atomic mass is 9.99. The van der Waals surface area contributed by atoms with Gasteiger partial charge in [0.15, 0.2) is 0 Å². The van der Waals surface area contributed by atoms with E-state index in [1.54, 1.807) is 0 Å². The molecule has 1 rings (SSSR count). The number of carbonyl (C=O) groups excluding carboxylic acids is 1. The van der Waals surface area contributed by atoms with Crippen LogP contribution in [0.3, 0.4) is 0 Å². The van der Waals surface area contributed by atoms with Crippen molar-refractivity contribution in [2.24, 2.45) is 5.92 Å². The van der Waals surface area contributed by atoms with Gasteiger partial charge in [-0.1, -0.05) is 6.92 Å². The summed E-state index contributed by atoms with van der Waals surface area (Å²) < 4.78 is 0. The highest BCUT2D eigenvalue weighted by Crippen LogP contribution is 2.12. The quantitative estimate of drug-likeness (QED) is 0.702. The van der Waals surface area contributed by atoms with E-state index in [1.165, 1.54) is 25.9 Å². The van der Waals surface area contributed by atoms with Crippen LogP contribution in [-0.4, -0.2) is 61.5 Å². The van der Waals surface area contributed by atoms with E-state index in [-0.39, 0.29) is 0 Å². The topological polar surface area (TPSA) is 35.6 Å². The monoisotopic (exact) mass is 283 g/mol. The minimum absolute atomic E-state index is 0.311. The summed E-state index contributed by atoms with van der Waals surface area (Å²) in [5, 5.41) is 3.48. The SMILES string of the molecule is CCN(CCCC(=O)N(CC)CC)CC1CCCNC1. The maximum absolute atomic E-state index is 12.0. The maximum Gasteiger partial charge on any atom is 0.222 e. The standard InChI is InChI=1S/C16H33N3O/c1-4-18(14-15-9-7-11-17-13-15)12-8-10-16(20)19(5-2)6-3/h15,17H,4-14H2,1-3H3. The van der Waals surface area contributed by atoms with Crippen molar-refractivity contribution in [3.8, 4) is 0 Å². The molecule has 0 aromatic heterocycles. The second kappa shape index (κ2) is 10.2. The Morgan fingerprint density at radius 1 is 1.20 bits per heavy atom. The minimum atomic E-state index is 0.311. The molecule has 0 aliphatic carbocycles. The molecule has 4 heteroatoms. The summed E-state index contributed by atoms with van der Waals surface area (Å²) in [6.45, 7) is 13.7. The lowest BCUT2D eigenvalue weighted by Gasteiger charge is -2.29. The Labute approximate surface area is 124 Å². The van der Waals surface area contributed by atoms with Gasteiger partial charge in [-0.3, -0.25) is 4.79 Å². The molecular formula is C16H33N3O. The lowest BCUT2D eigenvalue weighted by molar-refractivity contribution is -0.131. The molecule has 0 aromatic carbocycles. The highest BCUT2D eigenvalue weighted by molar-refractivity contribution is 5.76. The van der Waals surface area contributed by atoms with Crippen molar-refractivity contribution < 1.29 is 4.79 Å². The molecule has 1 aliphatic rings. The van der Waals surface area contributed by atoms with E-state index in [1.807, 2.05) is 4.90 Å². The summed E-state index contributed by atoms with van der Waals surface area (Å²) in [5.74, 6) is 1.10. The lowest BCUT2D eigenvalue weighted by Crippen LogP contribution is -2.39. The molecule has 1 aliphatic heterocycles. The molecule has 0 aromatic rings. The first-order chi connectivity index (χ1) is 9.71. The van der Waals surface area contributed by atoms with Crippen LogP contribution in [0.4, 0.5) is 0 Å². The molecule has 1 fully saturated rings. The number of piperidine rings is 1. The highest BCUT2D eigenvalue weighted by Gasteiger charge is 2.16. The molecule has 0 radical (unpaired) electrons. The highest BCUT2D eigenvalue weighted by atomic mass is 16.2. The van der Waals surface area contributed by atoms with Gasteiger partial charge >= 0.3 is 0 Å². The second-order valence-corrected chi connectivity index (χ2v) is 5.78. The van der Waals surface area contributed by atoms with Gasteiger partial charge in [0.25, 0.3) is 0 Å². The van der Waals surface area contributed by atoms with Crippen LogP contribution in [0.2, 0.25) is 0 Å². The van der Waals surface area contributed by atoms with Gasteiger partial charge in [-0.25, -0.2) is 0 Å². The van der Waals surface area contributed by atoms with E-state index in [0.717, 1.165) is 45.1 Å².